The summed E-state index contributed by atoms with van der Waals surface area (Å²) < 4.78 is 5.21. The predicted molar refractivity (Wildman–Crippen MR) is 181 cm³/mol. The molecule has 2 atom stereocenters. The highest BCUT2D eigenvalue weighted by molar-refractivity contribution is 5.72. The zero-order valence-corrected chi connectivity index (χ0v) is 26.9. The van der Waals surface area contributed by atoms with Crippen molar-refractivity contribution in [1.29, 1.82) is 5.41 Å². The Kier molecular flexibility index (Phi) is 11.7. The number of aliphatic hydroxyl groups excluding tert-OH is 1. The van der Waals surface area contributed by atoms with Gasteiger partial charge in [-0.05, 0) is 127 Å². The number of nitrogens with zero attached hydrogens (tertiary/aromatic N) is 2. The van der Waals surface area contributed by atoms with E-state index < -0.39 is 0 Å². The van der Waals surface area contributed by atoms with E-state index in [-0.39, 0.29) is 6.02 Å². The topological polar surface area (TPSA) is 105 Å². The molecule has 2 aromatic carbocycles. The number of hydrogen-bond acceptors (Lipinski definition) is 5. The number of amidine groups is 1. The van der Waals surface area contributed by atoms with Gasteiger partial charge in [0, 0.05) is 43.0 Å². The molecular formula is C38H48N4O2. The molecule has 2 heterocycles. The van der Waals surface area contributed by atoms with Gasteiger partial charge < -0.3 is 15.6 Å². The Labute approximate surface area is 263 Å². The predicted octanol–water partition coefficient (Wildman–Crippen LogP) is 7.50. The van der Waals surface area contributed by atoms with Crippen molar-refractivity contribution in [3.63, 3.8) is 0 Å². The normalized spacial score (nSPS) is 16.8. The van der Waals surface area contributed by atoms with Crippen LogP contribution < -0.4 is 5.73 Å². The maximum Gasteiger partial charge on any atom is 0.279 e. The highest BCUT2D eigenvalue weighted by atomic mass is 16.5. The van der Waals surface area contributed by atoms with Gasteiger partial charge in [-0.3, -0.25) is 15.4 Å². The number of hydrogen-bond donors (Lipinski definition) is 3. The molecule has 0 bridgehead atoms. The van der Waals surface area contributed by atoms with Gasteiger partial charge in [-0.25, -0.2) is 0 Å². The first-order chi connectivity index (χ1) is 21.3. The molecule has 0 saturated heterocycles. The first-order valence-electron chi connectivity index (χ1n) is 15.8. The second-order valence-electron chi connectivity index (χ2n) is 12.3. The van der Waals surface area contributed by atoms with Crippen LogP contribution in [0.1, 0.15) is 60.1 Å². The van der Waals surface area contributed by atoms with Gasteiger partial charge in [-0.15, -0.1) is 0 Å². The molecule has 6 nitrogen and oxygen atoms in total. The van der Waals surface area contributed by atoms with Gasteiger partial charge in [0.25, 0.3) is 6.02 Å². The summed E-state index contributed by atoms with van der Waals surface area (Å²) in [5.74, 6) is 2.00. The van der Waals surface area contributed by atoms with Crippen LogP contribution in [-0.2, 0) is 30.4 Å². The Morgan fingerprint density at radius 2 is 1.34 bits per heavy atom. The van der Waals surface area contributed by atoms with Crippen LogP contribution in [-0.4, -0.2) is 34.8 Å². The fourth-order valence-electron chi connectivity index (χ4n) is 6.59. The molecular weight excluding hydrogens is 544 g/mol. The largest absolute Gasteiger partial charge is 0.465 e. The Bertz CT molecular complexity index is 1550. The first-order valence-corrected chi connectivity index (χ1v) is 15.8. The van der Waals surface area contributed by atoms with Gasteiger partial charge in [0.2, 0.25) is 0 Å². The van der Waals surface area contributed by atoms with E-state index in [0.717, 1.165) is 38.2 Å². The van der Waals surface area contributed by atoms with Crippen LogP contribution in [0, 0.1) is 37.0 Å². The van der Waals surface area contributed by atoms with Gasteiger partial charge in [-0.2, -0.15) is 0 Å². The van der Waals surface area contributed by atoms with Gasteiger partial charge in [0.15, 0.2) is 0 Å². The molecule has 2 aromatic heterocycles. The minimum atomic E-state index is -0.192. The fourth-order valence-corrected chi connectivity index (χ4v) is 6.59. The second-order valence-corrected chi connectivity index (χ2v) is 12.3. The summed E-state index contributed by atoms with van der Waals surface area (Å²) in [4.78, 5) is 8.60. The Morgan fingerprint density at radius 1 is 0.818 bits per heavy atom. The second kappa shape index (κ2) is 15.6. The van der Waals surface area contributed by atoms with Crippen molar-refractivity contribution >= 4 is 6.02 Å². The lowest BCUT2D eigenvalue weighted by Gasteiger charge is -2.29. The van der Waals surface area contributed by atoms with Crippen molar-refractivity contribution in [3.8, 4) is 22.3 Å². The number of rotatable bonds is 5. The van der Waals surface area contributed by atoms with Gasteiger partial charge in [-0.1, -0.05) is 50.2 Å². The number of ether oxygens (including phenoxy) is 1. The number of fused-ring (bicyclic) bond motifs is 2. The third kappa shape index (κ3) is 7.92. The average molecular weight is 593 g/mol. The highest BCUT2D eigenvalue weighted by Crippen LogP contribution is 2.37. The van der Waals surface area contributed by atoms with Crippen molar-refractivity contribution in [2.75, 3.05) is 13.7 Å². The lowest BCUT2D eigenvalue weighted by molar-refractivity contribution is 0.218. The molecule has 0 amide bonds. The minimum Gasteiger partial charge on any atom is -0.465 e. The monoisotopic (exact) mass is 592 g/mol. The molecule has 4 aromatic rings. The number of pyridine rings is 2. The molecule has 2 aliphatic carbocycles. The van der Waals surface area contributed by atoms with Crippen molar-refractivity contribution in [1.82, 2.24) is 9.97 Å². The van der Waals surface area contributed by atoms with Crippen LogP contribution >= 0.6 is 0 Å². The standard InChI is InChI=1S/C19H23N.C18H21N3O.CH4O/c1-13(2)16-8-7-15-5-4-6-17(18(15)11-16)19-12-20-10-9-14(19)3;1-12-7-8-21-10-17(12)15-4-2-3-14-6-5-13(9-16(14)15)11-22-18(19)20;1-2/h4-6,9-10,12-13,16H,7-8,11H2,1-3H3;2-4,7-8,10,13H,5-6,9,11H2,1H3,(H3,19,20);2H,1H3. The summed E-state index contributed by atoms with van der Waals surface area (Å²) in [5, 5.41) is 14.2. The zero-order chi connectivity index (χ0) is 31.6. The zero-order valence-electron chi connectivity index (χ0n) is 26.9. The molecule has 6 rings (SSSR count). The smallest absolute Gasteiger partial charge is 0.279 e. The van der Waals surface area contributed by atoms with E-state index in [9.17, 15) is 0 Å². The van der Waals surface area contributed by atoms with Crippen LogP contribution in [0.3, 0.4) is 0 Å². The lowest BCUT2D eigenvalue weighted by atomic mass is 9.76. The minimum absolute atomic E-state index is 0.192. The molecule has 0 saturated carbocycles. The third-order valence-electron chi connectivity index (χ3n) is 9.19. The maximum atomic E-state index is 7.21. The summed E-state index contributed by atoms with van der Waals surface area (Å²) in [6, 6.07) is 17.3. The molecule has 44 heavy (non-hydrogen) atoms. The lowest BCUT2D eigenvalue weighted by Crippen LogP contribution is -2.24. The highest BCUT2D eigenvalue weighted by Gasteiger charge is 2.24. The van der Waals surface area contributed by atoms with E-state index >= 15 is 0 Å². The van der Waals surface area contributed by atoms with E-state index in [1.54, 1.807) is 11.1 Å². The Balaban J connectivity index is 0.000000191. The van der Waals surface area contributed by atoms with Gasteiger partial charge >= 0.3 is 0 Å². The molecule has 2 aliphatic rings. The quantitative estimate of drug-likeness (QED) is 0.164. The number of benzene rings is 2. The van der Waals surface area contributed by atoms with E-state index in [1.165, 1.54) is 63.8 Å². The van der Waals surface area contributed by atoms with Crippen LogP contribution in [0.5, 0.6) is 0 Å². The van der Waals surface area contributed by atoms with Crippen LogP contribution in [0.25, 0.3) is 22.3 Å². The summed E-state index contributed by atoms with van der Waals surface area (Å²) in [6.45, 7) is 9.53. The number of nitrogens with two attached hydrogens (primary N) is 1. The van der Waals surface area contributed by atoms with Crippen molar-refractivity contribution < 1.29 is 9.84 Å². The maximum absolute atomic E-state index is 7.21. The molecule has 4 N–H and O–H groups in total. The number of nitrogens with one attached hydrogen (secondary N) is 1. The molecule has 0 fully saturated rings. The summed E-state index contributed by atoms with van der Waals surface area (Å²) >= 11 is 0. The van der Waals surface area contributed by atoms with Crippen molar-refractivity contribution in [2.45, 2.75) is 66.2 Å². The van der Waals surface area contributed by atoms with Crippen LogP contribution in [0.4, 0.5) is 0 Å². The molecule has 0 radical (unpaired) electrons. The molecule has 0 aliphatic heterocycles. The van der Waals surface area contributed by atoms with Crippen molar-refractivity contribution in [2.24, 2.45) is 23.5 Å². The Hall–Kier alpha value is -4.03. The summed E-state index contributed by atoms with van der Waals surface area (Å²) in [7, 11) is 1.00. The molecule has 232 valence electrons. The summed E-state index contributed by atoms with van der Waals surface area (Å²) in [5.41, 5.74) is 18.9. The van der Waals surface area contributed by atoms with Crippen LogP contribution in [0.15, 0.2) is 73.3 Å². The van der Waals surface area contributed by atoms with E-state index in [2.05, 4.69) is 80.1 Å². The van der Waals surface area contributed by atoms with E-state index in [1.807, 2.05) is 30.9 Å². The van der Waals surface area contributed by atoms with E-state index in [4.69, 9.17) is 21.0 Å². The van der Waals surface area contributed by atoms with Gasteiger partial charge in [0.1, 0.15) is 0 Å². The van der Waals surface area contributed by atoms with Crippen LogP contribution in [0.2, 0.25) is 0 Å². The number of aliphatic hydroxyl groups is 1. The molecule has 6 heteroatoms. The van der Waals surface area contributed by atoms with Crippen molar-refractivity contribution in [3.05, 3.63) is 107 Å². The first kappa shape index (κ1) is 32.9. The van der Waals surface area contributed by atoms with Gasteiger partial charge in [0.05, 0.1) is 6.61 Å². The number of aryl methyl sites for hydroxylation is 4. The molecule has 0 spiro atoms. The number of aromatic nitrogens is 2. The average Bonchev–Trinajstić information content (AvgIpc) is 3.05. The fraction of sp³-hybridized carbons (Fsp3) is 0.395. The Morgan fingerprint density at radius 3 is 1.84 bits per heavy atom. The SMILES string of the molecule is CO.Cc1ccncc1-c1cccc2c1CC(C(C)C)CC2.Cc1ccncc1-c1cccc2c1CC(COC(=N)N)CC2. The summed E-state index contributed by atoms with van der Waals surface area (Å²) in [6.07, 6.45) is 14.5. The van der Waals surface area contributed by atoms with E-state index in [0.29, 0.717) is 12.5 Å². The molecule has 2 unspecified atom stereocenters. The third-order valence-corrected chi connectivity index (χ3v) is 9.19.